The lowest BCUT2D eigenvalue weighted by Gasteiger charge is -2.19. The summed E-state index contributed by atoms with van der Waals surface area (Å²) in [5, 5.41) is 18.7. The third-order valence-electron chi connectivity index (χ3n) is 8.09. The van der Waals surface area contributed by atoms with E-state index in [1.165, 1.54) is 89.5 Å². The van der Waals surface area contributed by atoms with Crippen molar-refractivity contribution in [1.29, 1.82) is 0 Å². The van der Waals surface area contributed by atoms with E-state index in [1.54, 1.807) is 0 Å². The minimum Gasteiger partial charge on any atom is -0.478 e. The average Bonchev–Trinajstić information content (AvgIpc) is 3.20. The van der Waals surface area contributed by atoms with Crippen molar-refractivity contribution in [2.45, 2.75) is 96.8 Å². The van der Waals surface area contributed by atoms with Crippen molar-refractivity contribution in [3.63, 3.8) is 0 Å². The van der Waals surface area contributed by atoms with Crippen molar-refractivity contribution >= 4 is 35.3 Å². The summed E-state index contributed by atoms with van der Waals surface area (Å²) >= 11 is 0. The molecule has 1 aliphatic rings. The van der Waals surface area contributed by atoms with Gasteiger partial charge in [0, 0.05) is 30.4 Å². The largest absolute Gasteiger partial charge is 0.478 e. The molecular weight excluding hydrogens is 530 g/mol. The van der Waals surface area contributed by atoms with Crippen LogP contribution in [-0.2, 0) is 0 Å². The lowest BCUT2D eigenvalue weighted by molar-refractivity contribution is 0.0651. The Kier molecular flexibility index (Phi) is 13.0. The zero-order valence-corrected chi connectivity index (χ0v) is 25.1. The van der Waals surface area contributed by atoms with Crippen molar-refractivity contribution in [2.75, 3.05) is 18.5 Å². The Labute approximate surface area is 249 Å². The zero-order chi connectivity index (χ0) is 30.5. The number of nitrogens with zero attached hydrogens (tertiary/aromatic N) is 1. The monoisotopic (exact) mass is 575 g/mol. The molecule has 1 aliphatic carbocycles. The number of carboxylic acid groups (broad SMARTS) is 2. The summed E-state index contributed by atoms with van der Waals surface area (Å²) in [5.41, 5.74) is 0.384. The Balaban J connectivity index is 1.41. The van der Waals surface area contributed by atoms with Crippen LogP contribution in [0.2, 0.25) is 0 Å². The molecule has 0 radical (unpaired) electrons. The van der Waals surface area contributed by atoms with Crippen LogP contribution < -0.4 is 4.90 Å². The van der Waals surface area contributed by atoms with Gasteiger partial charge in [-0.3, -0.25) is 9.59 Å². The molecule has 0 atom stereocenters. The predicted molar refractivity (Wildman–Crippen MR) is 167 cm³/mol. The van der Waals surface area contributed by atoms with Crippen LogP contribution in [0.3, 0.4) is 0 Å². The van der Waals surface area contributed by atoms with Gasteiger partial charge in [0.2, 0.25) is 0 Å². The van der Waals surface area contributed by atoms with Crippen LogP contribution in [0.25, 0.3) is 6.08 Å². The number of benzene rings is 2. The molecule has 226 valence electrons. The van der Waals surface area contributed by atoms with Gasteiger partial charge < -0.3 is 15.1 Å². The number of fused-ring (bicyclic) bond motifs is 1. The summed E-state index contributed by atoms with van der Waals surface area (Å²) in [6.07, 6.45) is 20.1. The molecule has 0 aromatic heterocycles. The number of hydrogen-bond donors (Lipinski definition) is 2. The SMILES string of the molecule is CCCCCCCCCCCCCCCCN(C)c1ccc(C=C2C(=O)c3cc(C(=O)O)c(C(=O)O)cc3C2=O)cc1. The number of aromatic carboxylic acids is 2. The number of hydrogen-bond acceptors (Lipinski definition) is 5. The van der Waals surface area contributed by atoms with Crippen LogP contribution in [0.4, 0.5) is 5.69 Å². The molecule has 7 heteroatoms. The van der Waals surface area contributed by atoms with Crippen LogP contribution >= 0.6 is 0 Å². The fraction of sp³-hybridized carbons (Fsp3) is 0.486. The number of rotatable bonds is 19. The van der Waals surface area contributed by atoms with E-state index < -0.39 is 34.6 Å². The van der Waals surface area contributed by atoms with E-state index in [0.717, 1.165) is 30.8 Å². The summed E-state index contributed by atoms with van der Waals surface area (Å²) in [6.45, 7) is 3.21. The first-order valence-corrected chi connectivity index (χ1v) is 15.5. The quantitative estimate of drug-likeness (QED) is 0.0981. The van der Waals surface area contributed by atoms with Gasteiger partial charge in [0.15, 0.2) is 11.6 Å². The first-order valence-electron chi connectivity index (χ1n) is 15.5. The standard InChI is InChI=1S/C35H45NO6/c1-3-4-5-6-7-8-9-10-11-12-13-14-15-16-21-36(2)26-19-17-25(18-20-26)22-31-32(37)27-23-29(34(39)40)30(35(41)42)24-28(27)33(31)38/h17-20,22-24H,3-16,21H2,1-2H3,(H,39,40)(H,41,42). The van der Waals surface area contributed by atoms with E-state index in [2.05, 4.69) is 18.9 Å². The first kappa shape index (κ1) is 32.8. The topological polar surface area (TPSA) is 112 Å². The molecule has 0 aliphatic heterocycles. The third-order valence-corrected chi connectivity index (χ3v) is 8.09. The summed E-state index contributed by atoms with van der Waals surface area (Å²) in [4.78, 5) is 51.0. The molecule has 0 saturated carbocycles. The number of unbranched alkanes of at least 4 members (excludes halogenated alkanes) is 13. The fourth-order valence-electron chi connectivity index (χ4n) is 5.52. The van der Waals surface area contributed by atoms with Crippen molar-refractivity contribution in [3.05, 3.63) is 69.8 Å². The highest BCUT2D eigenvalue weighted by Crippen LogP contribution is 2.31. The maximum atomic E-state index is 12.9. The van der Waals surface area contributed by atoms with Crippen molar-refractivity contribution in [3.8, 4) is 0 Å². The Bertz CT molecular complexity index is 1220. The van der Waals surface area contributed by atoms with E-state index >= 15 is 0 Å². The third kappa shape index (κ3) is 9.13. The number of ketones is 2. The lowest BCUT2D eigenvalue weighted by Crippen LogP contribution is -2.18. The molecule has 0 saturated heterocycles. The molecule has 0 heterocycles. The maximum Gasteiger partial charge on any atom is 0.336 e. The Morgan fingerprint density at radius 3 is 1.48 bits per heavy atom. The number of allylic oxidation sites excluding steroid dienone is 1. The van der Waals surface area contributed by atoms with Gasteiger partial charge in [-0.1, -0.05) is 103 Å². The van der Waals surface area contributed by atoms with Crippen molar-refractivity contribution in [2.24, 2.45) is 0 Å². The van der Waals surface area contributed by atoms with Gasteiger partial charge >= 0.3 is 11.9 Å². The van der Waals surface area contributed by atoms with Gasteiger partial charge in [-0.05, 0) is 42.3 Å². The van der Waals surface area contributed by atoms with Gasteiger partial charge in [-0.15, -0.1) is 0 Å². The van der Waals surface area contributed by atoms with Gasteiger partial charge in [0.25, 0.3) is 0 Å². The van der Waals surface area contributed by atoms with E-state index in [-0.39, 0.29) is 16.7 Å². The van der Waals surface area contributed by atoms with Crippen LogP contribution in [0.5, 0.6) is 0 Å². The van der Waals surface area contributed by atoms with Gasteiger partial charge in [-0.2, -0.15) is 0 Å². The van der Waals surface area contributed by atoms with Crippen LogP contribution in [0.15, 0.2) is 42.0 Å². The lowest BCUT2D eigenvalue weighted by atomic mass is 9.99. The summed E-state index contributed by atoms with van der Waals surface area (Å²) in [5.74, 6) is -4.15. The van der Waals surface area contributed by atoms with Gasteiger partial charge in [0.1, 0.15) is 0 Å². The molecule has 2 aromatic carbocycles. The molecule has 2 N–H and O–H groups in total. The normalized spacial score (nSPS) is 12.5. The van der Waals surface area contributed by atoms with Crippen LogP contribution in [-0.4, -0.2) is 47.3 Å². The summed E-state index contributed by atoms with van der Waals surface area (Å²) < 4.78 is 0. The average molecular weight is 576 g/mol. The molecule has 3 rings (SSSR count). The molecule has 0 fully saturated rings. The van der Waals surface area contributed by atoms with Gasteiger partial charge in [0.05, 0.1) is 16.7 Å². The van der Waals surface area contributed by atoms with E-state index in [1.807, 2.05) is 24.3 Å². The highest BCUT2D eigenvalue weighted by Gasteiger charge is 2.36. The van der Waals surface area contributed by atoms with E-state index in [4.69, 9.17) is 0 Å². The highest BCUT2D eigenvalue weighted by atomic mass is 16.4. The second-order valence-corrected chi connectivity index (χ2v) is 11.4. The Morgan fingerprint density at radius 1 is 0.667 bits per heavy atom. The van der Waals surface area contributed by atoms with Gasteiger partial charge in [-0.25, -0.2) is 9.59 Å². The summed E-state index contributed by atoms with van der Waals surface area (Å²) in [7, 11) is 2.05. The molecule has 42 heavy (non-hydrogen) atoms. The zero-order valence-electron chi connectivity index (χ0n) is 25.1. The number of carbonyl (C=O) groups is 4. The molecule has 0 bridgehead atoms. The number of carboxylic acids is 2. The maximum absolute atomic E-state index is 12.9. The number of Topliss-reactive ketones (excluding diaryl/α,β-unsaturated/α-hetero) is 2. The minimum absolute atomic E-state index is 0.0850. The van der Waals surface area contributed by atoms with Crippen LogP contribution in [0, 0.1) is 0 Å². The van der Waals surface area contributed by atoms with Crippen molar-refractivity contribution in [1.82, 2.24) is 0 Å². The van der Waals surface area contributed by atoms with E-state index in [9.17, 15) is 29.4 Å². The Hall–Kier alpha value is -3.74. The summed E-state index contributed by atoms with van der Waals surface area (Å²) in [6, 6.07) is 9.52. The molecule has 0 spiro atoms. The minimum atomic E-state index is -1.47. The molecule has 7 nitrogen and oxygen atoms in total. The predicted octanol–water partition coefficient (Wildman–Crippen LogP) is 8.46. The fourth-order valence-corrected chi connectivity index (χ4v) is 5.52. The highest BCUT2D eigenvalue weighted by molar-refractivity contribution is 6.41. The number of anilines is 1. The molecule has 2 aromatic rings. The number of carbonyl (C=O) groups excluding carboxylic acids is 2. The smallest absolute Gasteiger partial charge is 0.336 e. The second kappa shape index (κ2) is 16.6. The molecular formula is C35H45NO6. The molecule has 0 amide bonds. The van der Waals surface area contributed by atoms with Crippen LogP contribution in [0.1, 0.15) is 144 Å². The second-order valence-electron chi connectivity index (χ2n) is 11.4. The van der Waals surface area contributed by atoms with E-state index in [0.29, 0.717) is 5.56 Å². The molecule has 0 unspecified atom stereocenters. The Morgan fingerprint density at radius 2 is 1.07 bits per heavy atom. The van der Waals surface area contributed by atoms with Crippen molar-refractivity contribution < 1.29 is 29.4 Å². The first-order chi connectivity index (χ1) is 20.2.